The first kappa shape index (κ1) is 23.4. The molecule has 9 nitrogen and oxygen atoms in total. The zero-order chi connectivity index (χ0) is 25.6. The molecule has 9 heteroatoms. The number of carboxylic acids is 1. The van der Waals surface area contributed by atoms with E-state index in [4.69, 9.17) is 14.3 Å². The Balaban J connectivity index is 1.69. The molecule has 1 N–H and O–H groups in total. The Hall–Kier alpha value is -4.37. The summed E-state index contributed by atoms with van der Waals surface area (Å²) < 4.78 is 10.7. The topological polar surface area (TPSA) is 106 Å². The van der Waals surface area contributed by atoms with Gasteiger partial charge in [-0.1, -0.05) is 36.4 Å². The number of aromatic carboxylic acids is 1. The largest absolute Gasteiger partial charge is 0.493 e. The highest BCUT2D eigenvalue weighted by Crippen LogP contribution is 2.50. The predicted molar refractivity (Wildman–Crippen MR) is 130 cm³/mol. The molecule has 2 aliphatic heterocycles. The van der Waals surface area contributed by atoms with Crippen LogP contribution >= 0.6 is 0 Å². The molecule has 0 radical (unpaired) electrons. The Kier molecular flexibility index (Phi) is 5.85. The second kappa shape index (κ2) is 9.01. The molecule has 0 spiro atoms. The molecule has 0 aliphatic carbocycles. The molecular weight excluding hydrogens is 464 g/mol. The van der Waals surface area contributed by atoms with Crippen LogP contribution in [-0.2, 0) is 14.4 Å². The Bertz CT molecular complexity index is 1360. The second-order valence-electron chi connectivity index (χ2n) is 8.58. The molecule has 3 atom stereocenters. The number of nitrogens with zero attached hydrogens (tertiary/aromatic N) is 2. The van der Waals surface area contributed by atoms with Crippen molar-refractivity contribution in [1.82, 2.24) is 0 Å². The summed E-state index contributed by atoms with van der Waals surface area (Å²) in [5.74, 6) is -2.97. The standard InChI is InChI=1S/C27H24N2O7/c1-15-8-7-11-17(14-15)28-25(30)21-22(18-12-13-19(34-2)23(35-3)20(18)27(32)33)29(36-24(21)26(28)31)16-9-5-4-6-10-16/h4-14,21-22,24H,1-3H3,(H,32,33)/t21-,22+,24-/m0/s1. The minimum Gasteiger partial charge on any atom is -0.493 e. The van der Waals surface area contributed by atoms with Crippen LogP contribution in [-0.4, -0.2) is 43.2 Å². The van der Waals surface area contributed by atoms with Crippen molar-refractivity contribution in [2.45, 2.75) is 19.1 Å². The molecule has 36 heavy (non-hydrogen) atoms. The Labute approximate surface area is 207 Å². The number of amides is 2. The number of hydrogen-bond acceptors (Lipinski definition) is 7. The van der Waals surface area contributed by atoms with E-state index < -0.39 is 35.8 Å². The summed E-state index contributed by atoms with van der Waals surface area (Å²) in [4.78, 5) is 47.0. The number of ether oxygens (including phenoxy) is 2. The van der Waals surface area contributed by atoms with Crippen LogP contribution in [0.15, 0.2) is 66.7 Å². The zero-order valence-electron chi connectivity index (χ0n) is 19.9. The quantitative estimate of drug-likeness (QED) is 0.523. The van der Waals surface area contributed by atoms with Crippen molar-refractivity contribution in [2.24, 2.45) is 5.92 Å². The van der Waals surface area contributed by atoms with E-state index in [0.717, 1.165) is 10.5 Å². The molecule has 2 heterocycles. The van der Waals surface area contributed by atoms with Gasteiger partial charge in [-0.05, 0) is 48.4 Å². The van der Waals surface area contributed by atoms with Gasteiger partial charge in [-0.15, -0.1) is 0 Å². The van der Waals surface area contributed by atoms with Gasteiger partial charge in [0, 0.05) is 0 Å². The minimum absolute atomic E-state index is 0.0197. The lowest BCUT2D eigenvalue weighted by molar-refractivity contribution is -0.126. The fraction of sp³-hybridized carbons (Fsp3) is 0.222. The van der Waals surface area contributed by atoms with Crippen molar-refractivity contribution in [3.8, 4) is 11.5 Å². The molecule has 2 saturated heterocycles. The van der Waals surface area contributed by atoms with Gasteiger partial charge in [0.2, 0.25) is 5.91 Å². The van der Waals surface area contributed by atoms with Gasteiger partial charge < -0.3 is 14.6 Å². The van der Waals surface area contributed by atoms with Gasteiger partial charge in [-0.2, -0.15) is 0 Å². The highest BCUT2D eigenvalue weighted by atomic mass is 16.7. The first-order valence-corrected chi connectivity index (χ1v) is 11.3. The van der Waals surface area contributed by atoms with Crippen LogP contribution in [0.25, 0.3) is 0 Å². The van der Waals surface area contributed by atoms with Gasteiger partial charge in [0.15, 0.2) is 17.6 Å². The number of para-hydroxylation sites is 1. The molecule has 2 amide bonds. The number of rotatable bonds is 6. The molecule has 0 saturated carbocycles. The van der Waals surface area contributed by atoms with Gasteiger partial charge >= 0.3 is 5.97 Å². The van der Waals surface area contributed by atoms with Crippen molar-refractivity contribution in [2.75, 3.05) is 24.2 Å². The average molecular weight is 488 g/mol. The van der Waals surface area contributed by atoms with Crippen LogP contribution < -0.4 is 19.4 Å². The van der Waals surface area contributed by atoms with Crippen LogP contribution in [0.3, 0.4) is 0 Å². The third-order valence-corrected chi connectivity index (χ3v) is 6.50. The molecule has 3 aromatic carbocycles. The smallest absolute Gasteiger partial charge is 0.339 e. The van der Waals surface area contributed by atoms with Gasteiger partial charge in [-0.3, -0.25) is 14.4 Å². The van der Waals surface area contributed by atoms with E-state index in [1.165, 1.54) is 19.3 Å². The number of carboxylic acid groups (broad SMARTS) is 1. The fourth-order valence-corrected chi connectivity index (χ4v) is 4.96. The zero-order valence-corrected chi connectivity index (χ0v) is 19.9. The number of aryl methyl sites for hydroxylation is 1. The lowest BCUT2D eigenvalue weighted by atomic mass is 9.87. The molecule has 2 aliphatic rings. The Morgan fingerprint density at radius 1 is 0.917 bits per heavy atom. The molecule has 0 unspecified atom stereocenters. The first-order valence-electron chi connectivity index (χ1n) is 11.3. The molecular formula is C27H24N2O7. The highest BCUT2D eigenvalue weighted by Gasteiger charge is 2.61. The molecule has 184 valence electrons. The number of hydroxylamine groups is 1. The summed E-state index contributed by atoms with van der Waals surface area (Å²) >= 11 is 0. The molecule has 0 aromatic heterocycles. The lowest BCUT2D eigenvalue weighted by Crippen LogP contribution is -2.37. The highest BCUT2D eigenvalue weighted by molar-refractivity contribution is 6.24. The van der Waals surface area contributed by atoms with Crippen molar-refractivity contribution in [3.63, 3.8) is 0 Å². The number of imide groups is 1. The third-order valence-electron chi connectivity index (χ3n) is 6.50. The normalized spacial score (nSPS) is 21.0. The number of anilines is 2. The number of carbonyl (C=O) groups is 3. The maximum atomic E-state index is 13.8. The molecule has 5 rings (SSSR count). The SMILES string of the molecule is COc1ccc([C@@H]2[C@@H]3C(=O)N(c4cccc(C)c4)C(=O)[C@H]3ON2c2ccccc2)c(C(=O)O)c1OC. The van der Waals surface area contributed by atoms with Crippen LogP contribution in [0.2, 0.25) is 0 Å². The number of hydrogen-bond donors (Lipinski definition) is 1. The van der Waals surface area contributed by atoms with E-state index in [2.05, 4.69) is 0 Å². The number of methoxy groups -OCH3 is 2. The summed E-state index contributed by atoms with van der Waals surface area (Å²) in [5.41, 5.74) is 2.01. The lowest BCUT2D eigenvalue weighted by Gasteiger charge is -2.30. The fourth-order valence-electron chi connectivity index (χ4n) is 4.96. The summed E-state index contributed by atoms with van der Waals surface area (Å²) in [6.45, 7) is 1.87. The van der Waals surface area contributed by atoms with Crippen LogP contribution in [0.5, 0.6) is 11.5 Å². The predicted octanol–water partition coefficient (Wildman–Crippen LogP) is 3.76. The van der Waals surface area contributed by atoms with Gasteiger partial charge in [-0.25, -0.2) is 14.8 Å². The minimum atomic E-state index is -1.26. The first-order chi connectivity index (χ1) is 17.4. The summed E-state index contributed by atoms with van der Waals surface area (Å²) in [5, 5.41) is 11.6. The van der Waals surface area contributed by atoms with Crippen molar-refractivity contribution < 1.29 is 33.8 Å². The van der Waals surface area contributed by atoms with E-state index in [-0.39, 0.29) is 22.6 Å². The molecule has 0 bridgehead atoms. The molecule has 2 fully saturated rings. The monoisotopic (exact) mass is 488 g/mol. The Morgan fingerprint density at radius 3 is 2.28 bits per heavy atom. The van der Waals surface area contributed by atoms with E-state index in [1.807, 2.05) is 19.1 Å². The van der Waals surface area contributed by atoms with Gasteiger partial charge in [0.1, 0.15) is 11.5 Å². The van der Waals surface area contributed by atoms with E-state index in [9.17, 15) is 19.5 Å². The van der Waals surface area contributed by atoms with E-state index in [1.54, 1.807) is 54.6 Å². The van der Waals surface area contributed by atoms with E-state index in [0.29, 0.717) is 11.4 Å². The van der Waals surface area contributed by atoms with Crippen molar-refractivity contribution >= 4 is 29.2 Å². The van der Waals surface area contributed by atoms with E-state index >= 15 is 0 Å². The van der Waals surface area contributed by atoms with Crippen LogP contribution in [0.1, 0.15) is 27.5 Å². The summed E-state index contributed by atoms with van der Waals surface area (Å²) in [6, 6.07) is 18.2. The maximum Gasteiger partial charge on any atom is 0.339 e. The number of carbonyl (C=O) groups excluding carboxylic acids is 2. The van der Waals surface area contributed by atoms with Crippen molar-refractivity contribution in [1.29, 1.82) is 0 Å². The maximum absolute atomic E-state index is 13.8. The van der Waals surface area contributed by atoms with Gasteiger partial charge in [0.25, 0.3) is 5.91 Å². The third kappa shape index (κ3) is 3.56. The second-order valence-corrected chi connectivity index (χ2v) is 8.58. The number of benzene rings is 3. The summed E-state index contributed by atoms with van der Waals surface area (Å²) in [6.07, 6.45) is -1.13. The van der Waals surface area contributed by atoms with Crippen LogP contribution in [0.4, 0.5) is 11.4 Å². The van der Waals surface area contributed by atoms with Crippen LogP contribution in [0, 0.1) is 12.8 Å². The molecule has 3 aromatic rings. The van der Waals surface area contributed by atoms with Crippen molar-refractivity contribution in [3.05, 3.63) is 83.4 Å². The average Bonchev–Trinajstić information content (AvgIpc) is 3.39. The number of fused-ring (bicyclic) bond motifs is 1. The Morgan fingerprint density at radius 2 is 1.64 bits per heavy atom. The van der Waals surface area contributed by atoms with Gasteiger partial charge in [0.05, 0.1) is 31.6 Å². The summed E-state index contributed by atoms with van der Waals surface area (Å²) in [7, 11) is 2.76.